The predicted molar refractivity (Wildman–Crippen MR) is 60.8 cm³/mol. The minimum Gasteiger partial charge on any atom is -0.373 e. The van der Waals surface area contributed by atoms with Gasteiger partial charge in [0.05, 0.1) is 12.7 Å². The third-order valence-electron chi connectivity index (χ3n) is 2.87. The van der Waals surface area contributed by atoms with Crippen molar-refractivity contribution in [2.75, 3.05) is 12.4 Å². The molecule has 1 fully saturated rings. The first-order valence-electron chi connectivity index (χ1n) is 5.63. The molecule has 3 heteroatoms. The maximum Gasteiger partial charge on any atom is 0.125 e. The Morgan fingerprint density at radius 1 is 1.40 bits per heavy atom. The van der Waals surface area contributed by atoms with Crippen molar-refractivity contribution >= 4 is 5.82 Å². The van der Waals surface area contributed by atoms with Crippen LogP contribution in [0.15, 0.2) is 18.3 Å². The number of ether oxygens (including phenoxy) is 1. The van der Waals surface area contributed by atoms with Crippen molar-refractivity contribution in [2.45, 2.75) is 38.4 Å². The highest BCUT2D eigenvalue weighted by molar-refractivity contribution is 5.34. The van der Waals surface area contributed by atoms with Gasteiger partial charge in [0.15, 0.2) is 0 Å². The summed E-state index contributed by atoms with van der Waals surface area (Å²) in [5.74, 6) is 0.902. The second kappa shape index (κ2) is 5.12. The van der Waals surface area contributed by atoms with Crippen LogP contribution in [-0.4, -0.2) is 18.1 Å². The average molecular weight is 206 g/mol. The van der Waals surface area contributed by atoms with E-state index in [1.165, 1.54) is 25.7 Å². The molecule has 1 saturated carbocycles. The van der Waals surface area contributed by atoms with E-state index < -0.39 is 0 Å². The largest absolute Gasteiger partial charge is 0.373 e. The molecule has 0 radical (unpaired) electrons. The summed E-state index contributed by atoms with van der Waals surface area (Å²) in [5, 5.41) is 3.00. The molecule has 2 rings (SSSR count). The fourth-order valence-electron chi connectivity index (χ4n) is 1.93. The summed E-state index contributed by atoms with van der Waals surface area (Å²) in [6.45, 7) is 0.696. The lowest BCUT2D eigenvalue weighted by Crippen LogP contribution is -2.07. The molecule has 1 heterocycles. The molecule has 0 bridgehead atoms. The van der Waals surface area contributed by atoms with Crippen molar-refractivity contribution in [3.63, 3.8) is 0 Å². The zero-order valence-corrected chi connectivity index (χ0v) is 9.20. The van der Waals surface area contributed by atoms with Crippen LogP contribution in [0, 0.1) is 0 Å². The Kier molecular flexibility index (Phi) is 3.56. The average Bonchev–Trinajstić information content (AvgIpc) is 2.80. The first-order chi connectivity index (χ1) is 7.38. The summed E-state index contributed by atoms with van der Waals surface area (Å²) in [7, 11) is 1.87. The number of hydrogen-bond acceptors (Lipinski definition) is 3. The second-order valence-electron chi connectivity index (χ2n) is 4.02. The van der Waals surface area contributed by atoms with Gasteiger partial charge in [-0.15, -0.1) is 0 Å². The number of anilines is 1. The molecule has 0 atom stereocenters. The third-order valence-corrected chi connectivity index (χ3v) is 2.87. The van der Waals surface area contributed by atoms with Crippen LogP contribution >= 0.6 is 0 Å². The van der Waals surface area contributed by atoms with Crippen molar-refractivity contribution in [3.05, 3.63) is 23.9 Å². The lowest BCUT2D eigenvalue weighted by atomic mass is 10.3. The molecule has 1 aliphatic carbocycles. The maximum atomic E-state index is 5.80. The van der Waals surface area contributed by atoms with Gasteiger partial charge >= 0.3 is 0 Å². The maximum absolute atomic E-state index is 5.80. The van der Waals surface area contributed by atoms with Crippen molar-refractivity contribution in [1.82, 2.24) is 4.98 Å². The van der Waals surface area contributed by atoms with Crippen molar-refractivity contribution < 1.29 is 4.74 Å². The van der Waals surface area contributed by atoms with E-state index in [0.29, 0.717) is 12.7 Å². The van der Waals surface area contributed by atoms with Gasteiger partial charge in [-0.05, 0) is 24.5 Å². The number of rotatable bonds is 4. The topological polar surface area (TPSA) is 34.1 Å². The molecule has 1 aromatic heterocycles. The minimum atomic E-state index is 0.481. The Morgan fingerprint density at radius 2 is 2.20 bits per heavy atom. The molecule has 1 aromatic rings. The van der Waals surface area contributed by atoms with Gasteiger partial charge in [-0.3, -0.25) is 0 Å². The van der Waals surface area contributed by atoms with Crippen LogP contribution in [0.2, 0.25) is 0 Å². The van der Waals surface area contributed by atoms with E-state index in [-0.39, 0.29) is 0 Å². The highest BCUT2D eigenvalue weighted by atomic mass is 16.5. The van der Waals surface area contributed by atoms with Gasteiger partial charge in [0, 0.05) is 13.2 Å². The molecule has 0 aromatic carbocycles. The number of hydrogen-bond donors (Lipinski definition) is 1. The Labute approximate surface area is 90.9 Å². The highest BCUT2D eigenvalue weighted by Gasteiger charge is 2.14. The minimum absolute atomic E-state index is 0.481. The van der Waals surface area contributed by atoms with Crippen molar-refractivity contribution in [1.29, 1.82) is 0 Å². The van der Waals surface area contributed by atoms with Gasteiger partial charge in [-0.25, -0.2) is 4.98 Å². The number of aromatic nitrogens is 1. The van der Waals surface area contributed by atoms with Gasteiger partial charge in [0.2, 0.25) is 0 Å². The highest BCUT2D eigenvalue weighted by Crippen LogP contribution is 2.22. The SMILES string of the molecule is CNc1ccc(COC2CCCC2)cn1. The van der Waals surface area contributed by atoms with Crippen LogP contribution in [0.1, 0.15) is 31.2 Å². The Morgan fingerprint density at radius 3 is 2.80 bits per heavy atom. The molecular formula is C12H18N2O. The van der Waals surface area contributed by atoms with Gasteiger partial charge in [-0.2, -0.15) is 0 Å². The summed E-state index contributed by atoms with van der Waals surface area (Å²) < 4.78 is 5.80. The fraction of sp³-hybridized carbons (Fsp3) is 0.583. The lowest BCUT2D eigenvalue weighted by molar-refractivity contribution is 0.0455. The summed E-state index contributed by atoms with van der Waals surface area (Å²) in [5.41, 5.74) is 1.15. The first-order valence-corrected chi connectivity index (χ1v) is 5.63. The van der Waals surface area contributed by atoms with E-state index in [1.54, 1.807) is 0 Å². The van der Waals surface area contributed by atoms with E-state index >= 15 is 0 Å². The molecule has 1 aliphatic rings. The molecule has 82 valence electrons. The van der Waals surface area contributed by atoms with E-state index in [1.807, 2.05) is 19.3 Å². The molecule has 1 N–H and O–H groups in total. The summed E-state index contributed by atoms with van der Waals surface area (Å²) in [6.07, 6.45) is 7.45. The standard InChI is InChI=1S/C12H18N2O/c1-13-12-7-6-10(8-14-12)9-15-11-4-2-3-5-11/h6-8,11H,2-5,9H2,1H3,(H,13,14). The molecule has 0 saturated heterocycles. The second-order valence-corrected chi connectivity index (χ2v) is 4.02. The van der Waals surface area contributed by atoms with E-state index in [9.17, 15) is 0 Å². The van der Waals surface area contributed by atoms with Crippen LogP contribution in [0.25, 0.3) is 0 Å². The van der Waals surface area contributed by atoms with Crippen molar-refractivity contribution in [2.24, 2.45) is 0 Å². The molecule has 15 heavy (non-hydrogen) atoms. The first kappa shape index (κ1) is 10.4. The number of nitrogens with zero attached hydrogens (tertiary/aromatic N) is 1. The molecule has 0 spiro atoms. The summed E-state index contributed by atoms with van der Waals surface area (Å²) >= 11 is 0. The Hall–Kier alpha value is -1.09. The van der Waals surface area contributed by atoms with Crippen LogP contribution in [0.5, 0.6) is 0 Å². The van der Waals surface area contributed by atoms with E-state index in [4.69, 9.17) is 4.74 Å². The number of pyridine rings is 1. The van der Waals surface area contributed by atoms with Crippen LogP contribution in [0.4, 0.5) is 5.82 Å². The summed E-state index contributed by atoms with van der Waals surface area (Å²) in [6, 6.07) is 4.04. The Bertz CT molecular complexity index is 291. The summed E-state index contributed by atoms with van der Waals surface area (Å²) in [4.78, 5) is 4.25. The van der Waals surface area contributed by atoms with Gasteiger partial charge < -0.3 is 10.1 Å². The van der Waals surface area contributed by atoms with E-state index in [2.05, 4.69) is 16.4 Å². The van der Waals surface area contributed by atoms with Crippen LogP contribution in [-0.2, 0) is 11.3 Å². The molecule has 3 nitrogen and oxygen atoms in total. The third kappa shape index (κ3) is 2.93. The quantitative estimate of drug-likeness (QED) is 0.822. The smallest absolute Gasteiger partial charge is 0.125 e. The van der Waals surface area contributed by atoms with Crippen LogP contribution in [0.3, 0.4) is 0 Å². The molecule has 0 aliphatic heterocycles. The normalized spacial score (nSPS) is 16.9. The fourth-order valence-corrected chi connectivity index (χ4v) is 1.93. The molecule has 0 unspecified atom stereocenters. The predicted octanol–water partition coefficient (Wildman–Crippen LogP) is 2.58. The number of nitrogens with one attached hydrogen (secondary N) is 1. The van der Waals surface area contributed by atoms with Crippen LogP contribution < -0.4 is 5.32 Å². The van der Waals surface area contributed by atoms with Crippen molar-refractivity contribution in [3.8, 4) is 0 Å². The molecular weight excluding hydrogens is 188 g/mol. The monoisotopic (exact) mass is 206 g/mol. The van der Waals surface area contributed by atoms with Gasteiger partial charge in [0.1, 0.15) is 5.82 Å². The van der Waals surface area contributed by atoms with Gasteiger partial charge in [0.25, 0.3) is 0 Å². The van der Waals surface area contributed by atoms with E-state index in [0.717, 1.165) is 11.4 Å². The zero-order valence-electron chi connectivity index (χ0n) is 9.20. The van der Waals surface area contributed by atoms with Gasteiger partial charge in [-0.1, -0.05) is 18.9 Å². The molecule has 0 amide bonds. The lowest BCUT2D eigenvalue weighted by Gasteiger charge is -2.10. The Balaban J connectivity index is 1.82. The zero-order chi connectivity index (χ0) is 10.5.